The molecule has 96 valence electrons. The average Bonchev–Trinajstić information content (AvgIpc) is 2.28. The van der Waals surface area contributed by atoms with E-state index in [9.17, 15) is 4.21 Å². The second-order valence-corrected chi connectivity index (χ2v) is 6.39. The van der Waals surface area contributed by atoms with Gasteiger partial charge in [-0.2, -0.15) is 0 Å². The van der Waals surface area contributed by atoms with Gasteiger partial charge in [0, 0.05) is 40.4 Å². The quantitative estimate of drug-likeness (QED) is 0.864. The van der Waals surface area contributed by atoms with Crippen LogP contribution < -0.4 is 5.32 Å². The first-order valence-corrected chi connectivity index (χ1v) is 7.88. The third-order valence-corrected chi connectivity index (χ3v) is 3.95. The third-order valence-electron chi connectivity index (χ3n) is 2.73. The Morgan fingerprint density at radius 2 is 2.18 bits per heavy atom. The number of benzene rings is 1. The van der Waals surface area contributed by atoms with Crippen molar-refractivity contribution < 1.29 is 4.21 Å². The summed E-state index contributed by atoms with van der Waals surface area (Å²) in [5.74, 6) is 0.753. The summed E-state index contributed by atoms with van der Waals surface area (Å²) in [6, 6.07) is 6.48. The van der Waals surface area contributed by atoms with Crippen LogP contribution in [0.3, 0.4) is 0 Å². The van der Waals surface area contributed by atoms with Crippen LogP contribution in [0.25, 0.3) is 0 Å². The van der Waals surface area contributed by atoms with Crippen LogP contribution in [-0.2, 0) is 17.3 Å². The summed E-state index contributed by atoms with van der Waals surface area (Å²) in [7, 11) is -0.702. The van der Waals surface area contributed by atoms with E-state index < -0.39 is 10.8 Å². The molecule has 0 saturated carbocycles. The average molecular weight is 274 g/mol. The van der Waals surface area contributed by atoms with Gasteiger partial charge in [-0.1, -0.05) is 23.7 Å². The van der Waals surface area contributed by atoms with Crippen molar-refractivity contribution in [2.24, 2.45) is 0 Å². The fraction of sp³-hybridized carbons (Fsp3) is 0.538. The molecule has 2 atom stereocenters. The highest BCUT2D eigenvalue weighted by Crippen LogP contribution is 2.16. The van der Waals surface area contributed by atoms with E-state index in [1.165, 1.54) is 5.56 Å². The van der Waals surface area contributed by atoms with Gasteiger partial charge in [0.2, 0.25) is 0 Å². The van der Waals surface area contributed by atoms with Crippen molar-refractivity contribution in [3.63, 3.8) is 0 Å². The van der Waals surface area contributed by atoms with Gasteiger partial charge >= 0.3 is 0 Å². The summed E-state index contributed by atoms with van der Waals surface area (Å²) in [5, 5.41) is 4.22. The molecule has 17 heavy (non-hydrogen) atoms. The Morgan fingerprint density at radius 3 is 2.76 bits per heavy atom. The molecule has 0 heterocycles. The van der Waals surface area contributed by atoms with Crippen molar-refractivity contribution in [2.45, 2.75) is 32.9 Å². The molecule has 0 aromatic heterocycles. The summed E-state index contributed by atoms with van der Waals surface area (Å²) in [6.45, 7) is 4.92. The molecule has 0 saturated heterocycles. The second kappa shape index (κ2) is 7.14. The van der Waals surface area contributed by atoms with Gasteiger partial charge in [0.25, 0.3) is 0 Å². The minimum Gasteiger partial charge on any atom is -0.310 e. The molecule has 0 aliphatic carbocycles. The SMILES string of the molecule is Cc1ccc(CNC(C)CCS(C)=O)cc1Cl. The van der Waals surface area contributed by atoms with Crippen molar-refractivity contribution in [1.82, 2.24) is 5.32 Å². The summed E-state index contributed by atoms with van der Waals surface area (Å²) in [4.78, 5) is 0. The largest absolute Gasteiger partial charge is 0.310 e. The Balaban J connectivity index is 2.39. The summed E-state index contributed by atoms with van der Waals surface area (Å²) in [5.41, 5.74) is 2.29. The number of hydrogen-bond donors (Lipinski definition) is 1. The van der Waals surface area contributed by atoms with Crippen LogP contribution in [-0.4, -0.2) is 22.3 Å². The maximum atomic E-state index is 11.0. The van der Waals surface area contributed by atoms with Crippen LogP contribution >= 0.6 is 11.6 Å². The molecule has 1 N–H and O–H groups in total. The first-order valence-electron chi connectivity index (χ1n) is 5.77. The number of rotatable bonds is 6. The molecule has 0 amide bonds. The summed E-state index contributed by atoms with van der Waals surface area (Å²) < 4.78 is 11.0. The zero-order valence-electron chi connectivity index (χ0n) is 10.6. The molecule has 0 spiro atoms. The van der Waals surface area contributed by atoms with E-state index in [2.05, 4.69) is 18.3 Å². The molecular formula is C13H20ClNOS. The first kappa shape index (κ1) is 14.7. The van der Waals surface area contributed by atoms with Crippen molar-refractivity contribution in [3.8, 4) is 0 Å². The molecule has 1 rings (SSSR count). The van der Waals surface area contributed by atoms with Crippen LogP contribution in [0, 0.1) is 6.92 Å². The van der Waals surface area contributed by atoms with Gasteiger partial charge < -0.3 is 5.32 Å². The summed E-state index contributed by atoms with van der Waals surface area (Å²) >= 11 is 6.06. The fourth-order valence-corrected chi connectivity index (χ4v) is 2.37. The number of hydrogen-bond acceptors (Lipinski definition) is 2. The lowest BCUT2D eigenvalue weighted by molar-refractivity contribution is 0.535. The first-order chi connectivity index (χ1) is 7.99. The van der Waals surface area contributed by atoms with Crippen LogP contribution in [0.15, 0.2) is 18.2 Å². The Kier molecular flexibility index (Phi) is 6.17. The van der Waals surface area contributed by atoms with Crippen molar-refractivity contribution in [3.05, 3.63) is 34.3 Å². The van der Waals surface area contributed by atoms with E-state index in [4.69, 9.17) is 11.6 Å². The number of aryl methyl sites for hydroxylation is 1. The Labute approximate surface area is 111 Å². The van der Waals surface area contributed by atoms with Gasteiger partial charge in [0.15, 0.2) is 0 Å². The van der Waals surface area contributed by atoms with Gasteiger partial charge in [-0.15, -0.1) is 0 Å². The monoisotopic (exact) mass is 273 g/mol. The molecule has 0 fully saturated rings. The van der Waals surface area contributed by atoms with Gasteiger partial charge in [-0.05, 0) is 37.5 Å². The molecule has 1 aromatic rings. The van der Waals surface area contributed by atoms with Gasteiger partial charge in [0.1, 0.15) is 0 Å². The highest BCUT2D eigenvalue weighted by Gasteiger charge is 2.03. The molecule has 4 heteroatoms. The fourth-order valence-electron chi connectivity index (χ4n) is 1.48. The van der Waals surface area contributed by atoms with E-state index in [1.54, 1.807) is 6.26 Å². The predicted octanol–water partition coefficient (Wildman–Crippen LogP) is 2.90. The minimum atomic E-state index is -0.702. The predicted molar refractivity (Wildman–Crippen MR) is 76.0 cm³/mol. The molecule has 0 radical (unpaired) electrons. The lowest BCUT2D eigenvalue weighted by Gasteiger charge is -2.13. The van der Waals surface area contributed by atoms with Crippen LogP contribution in [0.4, 0.5) is 0 Å². The number of halogens is 1. The van der Waals surface area contributed by atoms with Crippen LogP contribution in [0.5, 0.6) is 0 Å². The van der Waals surface area contributed by atoms with E-state index in [0.29, 0.717) is 6.04 Å². The molecule has 0 aliphatic rings. The second-order valence-electron chi connectivity index (χ2n) is 4.43. The van der Waals surface area contributed by atoms with Crippen LogP contribution in [0.1, 0.15) is 24.5 Å². The Bertz CT molecular complexity index is 395. The van der Waals surface area contributed by atoms with E-state index >= 15 is 0 Å². The highest BCUT2D eigenvalue weighted by molar-refractivity contribution is 7.84. The molecule has 0 aliphatic heterocycles. The zero-order valence-corrected chi connectivity index (χ0v) is 12.2. The lowest BCUT2D eigenvalue weighted by atomic mass is 10.1. The van der Waals surface area contributed by atoms with Crippen molar-refractivity contribution >= 4 is 22.4 Å². The molecule has 0 bridgehead atoms. The van der Waals surface area contributed by atoms with Crippen LogP contribution in [0.2, 0.25) is 5.02 Å². The van der Waals surface area contributed by atoms with Gasteiger partial charge in [-0.25, -0.2) is 0 Å². The maximum Gasteiger partial charge on any atom is 0.0438 e. The zero-order chi connectivity index (χ0) is 12.8. The van der Waals surface area contributed by atoms with Gasteiger partial charge in [-0.3, -0.25) is 4.21 Å². The molecule has 2 nitrogen and oxygen atoms in total. The normalized spacial score (nSPS) is 14.6. The number of nitrogens with one attached hydrogen (secondary N) is 1. The lowest BCUT2D eigenvalue weighted by Crippen LogP contribution is -2.26. The summed E-state index contributed by atoms with van der Waals surface area (Å²) in [6.07, 6.45) is 2.68. The smallest absolute Gasteiger partial charge is 0.0438 e. The molecule has 1 aromatic carbocycles. The maximum absolute atomic E-state index is 11.0. The molecule has 2 unspecified atom stereocenters. The van der Waals surface area contributed by atoms with E-state index in [0.717, 1.165) is 29.3 Å². The van der Waals surface area contributed by atoms with Crippen molar-refractivity contribution in [1.29, 1.82) is 0 Å². The van der Waals surface area contributed by atoms with E-state index in [-0.39, 0.29) is 0 Å². The van der Waals surface area contributed by atoms with Gasteiger partial charge in [0.05, 0.1) is 0 Å². The topological polar surface area (TPSA) is 29.1 Å². The Hall–Kier alpha value is -0.380. The highest BCUT2D eigenvalue weighted by atomic mass is 35.5. The molecular weight excluding hydrogens is 254 g/mol. The Morgan fingerprint density at radius 1 is 1.47 bits per heavy atom. The van der Waals surface area contributed by atoms with E-state index in [1.807, 2.05) is 19.1 Å². The third kappa shape index (κ3) is 5.66. The minimum absolute atomic E-state index is 0.374. The standard InChI is InChI=1S/C13H20ClNOS/c1-10-4-5-12(8-13(10)14)9-15-11(2)6-7-17(3)16/h4-5,8,11,15H,6-7,9H2,1-3H3. The van der Waals surface area contributed by atoms with Crippen molar-refractivity contribution in [2.75, 3.05) is 12.0 Å².